The Hall–Kier alpha value is -3.14. The lowest BCUT2D eigenvalue weighted by atomic mass is 9.89. The Labute approximate surface area is 135 Å². The highest BCUT2D eigenvalue weighted by Gasteiger charge is 2.42. The fourth-order valence-electron chi connectivity index (χ4n) is 2.41. The van der Waals surface area contributed by atoms with Gasteiger partial charge in [0.05, 0.1) is 14.2 Å². The molecule has 0 spiro atoms. The number of imide groups is 2. The first-order chi connectivity index (χ1) is 11.3. The van der Waals surface area contributed by atoms with Gasteiger partial charge in [-0.1, -0.05) is 6.07 Å². The summed E-state index contributed by atoms with van der Waals surface area (Å²) in [5.74, 6) is -5.30. The van der Waals surface area contributed by atoms with Gasteiger partial charge >= 0.3 is 12.0 Å². The van der Waals surface area contributed by atoms with E-state index < -0.39 is 41.4 Å². The van der Waals surface area contributed by atoms with Gasteiger partial charge in [-0.25, -0.2) is 9.59 Å². The molecule has 0 bridgehead atoms. The monoisotopic (exact) mass is 338 g/mol. The summed E-state index contributed by atoms with van der Waals surface area (Å²) in [5, 5.41) is 23.5. The molecule has 0 radical (unpaired) electrons. The van der Waals surface area contributed by atoms with E-state index in [4.69, 9.17) is 9.47 Å². The van der Waals surface area contributed by atoms with Crippen molar-refractivity contribution >= 4 is 23.8 Å². The van der Waals surface area contributed by atoms with Crippen molar-refractivity contribution in [3.8, 4) is 11.5 Å². The zero-order valence-electron chi connectivity index (χ0n) is 12.7. The van der Waals surface area contributed by atoms with Gasteiger partial charge in [0.1, 0.15) is 17.6 Å². The minimum absolute atomic E-state index is 0.0959. The van der Waals surface area contributed by atoms with Crippen LogP contribution < -0.4 is 20.1 Å². The van der Waals surface area contributed by atoms with Crippen molar-refractivity contribution in [2.24, 2.45) is 5.92 Å². The lowest BCUT2D eigenvalue weighted by Gasteiger charge is -2.26. The van der Waals surface area contributed by atoms with E-state index in [0.717, 1.165) is 0 Å². The number of urea groups is 1. The summed E-state index contributed by atoms with van der Waals surface area (Å²) in [6, 6.07) is 1.51. The van der Waals surface area contributed by atoms with Crippen LogP contribution in [-0.4, -0.2) is 48.2 Å². The Bertz CT molecular complexity index is 710. The first-order valence-electron chi connectivity index (χ1n) is 6.63. The van der Waals surface area contributed by atoms with Crippen LogP contribution in [0.5, 0.6) is 11.5 Å². The number of carbonyl (C=O) groups excluding carboxylic acids is 3. The number of benzene rings is 1. The lowest BCUT2D eigenvalue weighted by molar-refractivity contribution is -0.140. The van der Waals surface area contributed by atoms with E-state index in [1.807, 2.05) is 10.6 Å². The molecule has 1 aromatic carbocycles. The minimum Gasteiger partial charge on any atom is -0.493 e. The number of carboxylic acids is 1. The molecule has 0 aliphatic carbocycles. The molecule has 1 aliphatic heterocycles. The number of nitrogens with one attached hydrogen (secondary N) is 2. The quantitative estimate of drug-likeness (QED) is 0.520. The van der Waals surface area contributed by atoms with E-state index in [1.54, 1.807) is 0 Å². The molecule has 4 N–H and O–H groups in total. The molecule has 1 saturated heterocycles. The number of aliphatic hydroxyl groups is 1. The number of amides is 4. The predicted octanol–water partition coefficient (Wildman–Crippen LogP) is -0.582. The largest absolute Gasteiger partial charge is 0.493 e. The van der Waals surface area contributed by atoms with Crippen molar-refractivity contribution in [3.05, 3.63) is 23.3 Å². The van der Waals surface area contributed by atoms with Crippen LogP contribution >= 0.6 is 0 Å². The van der Waals surface area contributed by atoms with Gasteiger partial charge in [-0.2, -0.15) is 0 Å². The summed E-state index contributed by atoms with van der Waals surface area (Å²) >= 11 is 0. The molecule has 128 valence electrons. The van der Waals surface area contributed by atoms with E-state index in [9.17, 15) is 29.4 Å². The van der Waals surface area contributed by atoms with Gasteiger partial charge in [0.2, 0.25) is 11.8 Å². The highest BCUT2D eigenvalue weighted by molar-refractivity contribution is 6.16. The molecule has 10 heteroatoms. The van der Waals surface area contributed by atoms with Crippen LogP contribution in [0.3, 0.4) is 0 Å². The summed E-state index contributed by atoms with van der Waals surface area (Å²) in [7, 11) is 2.51. The fourth-order valence-corrected chi connectivity index (χ4v) is 2.41. The maximum Gasteiger partial charge on any atom is 0.340 e. The number of hydrogen-bond acceptors (Lipinski definition) is 7. The van der Waals surface area contributed by atoms with Crippen LogP contribution in [0, 0.1) is 5.92 Å². The summed E-state index contributed by atoms with van der Waals surface area (Å²) in [5.41, 5.74) is -0.688. The van der Waals surface area contributed by atoms with E-state index in [1.165, 1.54) is 26.4 Å². The summed E-state index contributed by atoms with van der Waals surface area (Å²) < 4.78 is 10.00. The van der Waals surface area contributed by atoms with Gasteiger partial charge in [-0.15, -0.1) is 0 Å². The van der Waals surface area contributed by atoms with E-state index >= 15 is 0 Å². The average molecular weight is 338 g/mol. The Balaban J connectivity index is 2.55. The van der Waals surface area contributed by atoms with Crippen molar-refractivity contribution in [1.29, 1.82) is 0 Å². The molecule has 1 aromatic rings. The molecule has 1 unspecified atom stereocenters. The first-order valence-corrected chi connectivity index (χ1v) is 6.63. The van der Waals surface area contributed by atoms with Gasteiger partial charge < -0.3 is 19.7 Å². The zero-order chi connectivity index (χ0) is 18.0. The average Bonchev–Trinajstić information content (AvgIpc) is 2.51. The maximum atomic E-state index is 11.8. The topological polar surface area (TPSA) is 151 Å². The van der Waals surface area contributed by atoms with Crippen LogP contribution in [0.1, 0.15) is 22.0 Å². The third-order valence-electron chi connectivity index (χ3n) is 3.46. The van der Waals surface area contributed by atoms with Crippen LogP contribution in [0.15, 0.2) is 12.1 Å². The second-order valence-electron chi connectivity index (χ2n) is 4.80. The number of ether oxygens (including phenoxy) is 2. The van der Waals surface area contributed by atoms with Crippen molar-refractivity contribution in [1.82, 2.24) is 10.6 Å². The van der Waals surface area contributed by atoms with Crippen LogP contribution in [-0.2, 0) is 9.59 Å². The number of carboxylic acid groups (broad SMARTS) is 1. The summed E-state index contributed by atoms with van der Waals surface area (Å²) in [4.78, 5) is 46.3. The molecule has 24 heavy (non-hydrogen) atoms. The Morgan fingerprint density at radius 1 is 1.12 bits per heavy atom. The minimum atomic E-state index is -1.82. The highest BCUT2D eigenvalue weighted by Crippen LogP contribution is 2.38. The number of aliphatic hydroxyl groups excluding tert-OH is 1. The second-order valence-corrected chi connectivity index (χ2v) is 4.80. The normalized spacial score (nSPS) is 16.2. The van der Waals surface area contributed by atoms with Crippen LogP contribution in [0.4, 0.5) is 4.79 Å². The lowest BCUT2D eigenvalue weighted by Crippen LogP contribution is -2.57. The van der Waals surface area contributed by atoms with Gasteiger partial charge in [0.25, 0.3) is 0 Å². The SMILES string of the molecule is COc1ccc(C(O)C2C(=O)NC(=O)NC2=O)c(C(=O)O)c1OC. The first kappa shape index (κ1) is 17.2. The Morgan fingerprint density at radius 2 is 1.71 bits per heavy atom. The number of barbiturate groups is 1. The molecule has 0 saturated carbocycles. The van der Waals surface area contributed by atoms with E-state index in [0.29, 0.717) is 0 Å². The fraction of sp³-hybridized carbons (Fsp3) is 0.286. The molecule has 4 amide bonds. The third-order valence-corrected chi connectivity index (χ3v) is 3.46. The molecule has 1 atom stereocenters. The third kappa shape index (κ3) is 2.86. The standard InChI is InChI=1S/C14H14N2O8/c1-23-6-4-3-5(7(13(20)21)10(6)24-2)9(17)8-11(18)15-14(22)16-12(8)19/h3-4,8-9,17H,1-2H3,(H,20,21)(H2,15,16,18,19,22). The Kier molecular flexibility index (Phi) is 4.69. The van der Waals surface area contributed by atoms with Gasteiger partial charge in [0, 0.05) is 5.56 Å². The van der Waals surface area contributed by atoms with Crippen molar-refractivity contribution < 1.29 is 38.9 Å². The number of hydrogen-bond donors (Lipinski definition) is 4. The smallest absolute Gasteiger partial charge is 0.340 e. The molecular formula is C14H14N2O8. The summed E-state index contributed by atoms with van der Waals surface area (Å²) in [6.45, 7) is 0. The molecule has 1 aliphatic rings. The molecule has 2 rings (SSSR count). The molecule has 1 fully saturated rings. The number of carbonyl (C=O) groups is 4. The Morgan fingerprint density at radius 3 is 2.17 bits per heavy atom. The maximum absolute atomic E-state index is 11.8. The number of aromatic carboxylic acids is 1. The summed E-state index contributed by atoms with van der Waals surface area (Å²) in [6.07, 6.45) is -1.82. The van der Waals surface area contributed by atoms with Crippen molar-refractivity contribution in [2.45, 2.75) is 6.10 Å². The van der Waals surface area contributed by atoms with E-state index in [2.05, 4.69) is 0 Å². The molecule has 0 aromatic heterocycles. The molecular weight excluding hydrogens is 324 g/mol. The van der Waals surface area contributed by atoms with Crippen LogP contribution in [0.2, 0.25) is 0 Å². The predicted molar refractivity (Wildman–Crippen MR) is 76.6 cm³/mol. The zero-order valence-corrected chi connectivity index (χ0v) is 12.7. The number of rotatable bonds is 5. The second kappa shape index (κ2) is 6.54. The van der Waals surface area contributed by atoms with Crippen molar-refractivity contribution in [3.63, 3.8) is 0 Å². The van der Waals surface area contributed by atoms with Crippen molar-refractivity contribution in [2.75, 3.05) is 14.2 Å². The van der Waals surface area contributed by atoms with Gasteiger partial charge in [-0.05, 0) is 6.07 Å². The molecule has 1 heterocycles. The van der Waals surface area contributed by atoms with E-state index in [-0.39, 0.29) is 17.1 Å². The molecule has 10 nitrogen and oxygen atoms in total. The number of methoxy groups -OCH3 is 2. The van der Waals surface area contributed by atoms with Crippen LogP contribution in [0.25, 0.3) is 0 Å². The van der Waals surface area contributed by atoms with Gasteiger partial charge in [0.15, 0.2) is 11.5 Å². The highest BCUT2D eigenvalue weighted by atomic mass is 16.5. The van der Waals surface area contributed by atoms with Gasteiger partial charge in [-0.3, -0.25) is 20.2 Å².